The van der Waals surface area contributed by atoms with E-state index >= 15 is 0 Å². The molecule has 0 fully saturated rings. The maximum absolute atomic E-state index is 10.9. The first kappa shape index (κ1) is 12.7. The van der Waals surface area contributed by atoms with E-state index in [9.17, 15) is 15.0 Å². The highest BCUT2D eigenvalue weighted by atomic mass is 32.2. The highest BCUT2D eigenvalue weighted by molar-refractivity contribution is 7.99. The number of aliphatic hydroxyl groups excluding tert-OH is 3. The topological polar surface area (TPSA) is 129 Å². The second kappa shape index (κ2) is 4.86. The summed E-state index contributed by atoms with van der Waals surface area (Å²) in [6.45, 7) is 1.73. The molecule has 0 saturated carbocycles. The first-order valence-electron chi connectivity index (χ1n) is 5.02. The number of thioether (sulfide) groups is 1. The van der Waals surface area contributed by atoms with Gasteiger partial charge < -0.3 is 20.1 Å². The smallest absolute Gasteiger partial charge is 0.377 e. The second-order valence-corrected chi connectivity index (χ2v) is 4.63. The number of hydrogen-bond donors (Lipinski definition) is 4. The Labute approximate surface area is 106 Å². The standard InChI is InChI=1S/C9H11N3O5S/c1-3-10-9(12-11-3)18-2-4(13)7-5(14)6(15)8(16)17-7/h4,7,13-15H,2H2,1H3,(H,10,11,12). The minimum absolute atomic E-state index is 0.104. The monoisotopic (exact) mass is 273 g/mol. The van der Waals surface area contributed by atoms with Crippen LogP contribution in [0.5, 0.6) is 0 Å². The van der Waals surface area contributed by atoms with Crippen molar-refractivity contribution < 1.29 is 24.9 Å². The molecule has 0 bridgehead atoms. The van der Waals surface area contributed by atoms with Gasteiger partial charge >= 0.3 is 5.97 Å². The van der Waals surface area contributed by atoms with Gasteiger partial charge in [-0.2, -0.15) is 0 Å². The lowest BCUT2D eigenvalue weighted by atomic mass is 10.2. The quantitative estimate of drug-likeness (QED) is 0.439. The molecule has 4 N–H and O–H groups in total. The summed E-state index contributed by atoms with van der Waals surface area (Å²) >= 11 is 1.13. The Kier molecular flexibility index (Phi) is 3.43. The highest BCUT2D eigenvalue weighted by Gasteiger charge is 2.39. The van der Waals surface area contributed by atoms with Gasteiger partial charge in [0.25, 0.3) is 0 Å². The molecule has 2 unspecified atom stereocenters. The van der Waals surface area contributed by atoms with Gasteiger partial charge in [0.2, 0.25) is 10.9 Å². The molecule has 0 aromatic carbocycles. The minimum Gasteiger partial charge on any atom is -0.505 e. The fourth-order valence-electron chi connectivity index (χ4n) is 1.36. The summed E-state index contributed by atoms with van der Waals surface area (Å²) in [7, 11) is 0. The molecule has 1 aliphatic rings. The van der Waals surface area contributed by atoms with Crippen molar-refractivity contribution in [3.63, 3.8) is 0 Å². The zero-order valence-corrected chi connectivity index (χ0v) is 10.1. The summed E-state index contributed by atoms with van der Waals surface area (Å²) in [6, 6.07) is 0. The number of aromatic amines is 1. The molecule has 0 saturated heterocycles. The van der Waals surface area contributed by atoms with Crippen molar-refractivity contribution in [3.05, 3.63) is 17.3 Å². The van der Waals surface area contributed by atoms with E-state index in [1.54, 1.807) is 6.92 Å². The number of cyclic esters (lactones) is 1. The number of nitrogens with one attached hydrogen (secondary N) is 1. The zero-order valence-electron chi connectivity index (χ0n) is 9.32. The summed E-state index contributed by atoms with van der Waals surface area (Å²) in [4.78, 5) is 15.0. The SMILES string of the molecule is Cc1nc(SCC(O)C2OC(=O)C(O)=C2O)n[nH]1. The summed E-state index contributed by atoms with van der Waals surface area (Å²) in [6.07, 6.45) is -2.41. The zero-order chi connectivity index (χ0) is 13.3. The molecule has 98 valence electrons. The van der Waals surface area contributed by atoms with Gasteiger partial charge in [0.05, 0.1) is 0 Å². The van der Waals surface area contributed by atoms with Gasteiger partial charge in [-0.3, -0.25) is 5.10 Å². The van der Waals surface area contributed by atoms with Crippen molar-refractivity contribution in [2.24, 2.45) is 0 Å². The van der Waals surface area contributed by atoms with Crippen LogP contribution in [-0.4, -0.2) is 54.4 Å². The Morgan fingerprint density at radius 1 is 1.56 bits per heavy atom. The van der Waals surface area contributed by atoms with Crippen LogP contribution in [0.2, 0.25) is 0 Å². The van der Waals surface area contributed by atoms with Crippen LogP contribution in [0.3, 0.4) is 0 Å². The molecular weight excluding hydrogens is 262 g/mol. The van der Waals surface area contributed by atoms with Crippen LogP contribution in [0.4, 0.5) is 0 Å². The average Bonchev–Trinajstić information content (AvgIpc) is 2.86. The van der Waals surface area contributed by atoms with Crippen molar-refractivity contribution >= 4 is 17.7 Å². The summed E-state index contributed by atoms with van der Waals surface area (Å²) in [5, 5.41) is 35.1. The normalized spacial score (nSPS) is 21.2. The lowest BCUT2D eigenvalue weighted by Crippen LogP contribution is -2.30. The van der Waals surface area contributed by atoms with E-state index in [0.717, 1.165) is 11.8 Å². The Morgan fingerprint density at radius 3 is 2.78 bits per heavy atom. The van der Waals surface area contributed by atoms with Gasteiger partial charge in [-0.25, -0.2) is 9.78 Å². The first-order chi connectivity index (χ1) is 8.49. The number of H-pyrrole nitrogens is 1. The summed E-state index contributed by atoms with van der Waals surface area (Å²) in [5.41, 5.74) is 0. The molecule has 2 rings (SSSR count). The maximum Gasteiger partial charge on any atom is 0.377 e. The fraction of sp³-hybridized carbons (Fsp3) is 0.444. The minimum atomic E-state index is -1.25. The number of hydrogen-bond acceptors (Lipinski definition) is 8. The number of ether oxygens (including phenoxy) is 1. The molecule has 1 aromatic heterocycles. The van der Waals surface area contributed by atoms with Crippen LogP contribution >= 0.6 is 11.8 Å². The second-order valence-electron chi connectivity index (χ2n) is 3.64. The van der Waals surface area contributed by atoms with Crippen molar-refractivity contribution in [1.82, 2.24) is 15.2 Å². The van der Waals surface area contributed by atoms with Gasteiger partial charge in [0.15, 0.2) is 11.9 Å². The average molecular weight is 273 g/mol. The molecule has 8 nitrogen and oxygen atoms in total. The van der Waals surface area contributed by atoms with Crippen molar-refractivity contribution in [1.29, 1.82) is 0 Å². The van der Waals surface area contributed by atoms with E-state index in [2.05, 4.69) is 19.9 Å². The fourth-order valence-corrected chi connectivity index (χ4v) is 2.17. The number of carbonyl (C=O) groups is 1. The third-order valence-corrected chi connectivity index (χ3v) is 3.20. The number of aliphatic hydroxyl groups is 3. The number of rotatable bonds is 4. The Morgan fingerprint density at radius 2 is 2.28 bits per heavy atom. The van der Waals surface area contributed by atoms with Crippen molar-refractivity contribution in [3.8, 4) is 0 Å². The number of carbonyl (C=O) groups excluding carboxylic acids is 1. The van der Waals surface area contributed by atoms with E-state index in [4.69, 9.17) is 5.11 Å². The molecular formula is C9H11N3O5S. The Balaban J connectivity index is 1.93. The van der Waals surface area contributed by atoms with Crippen LogP contribution in [0.1, 0.15) is 5.82 Å². The predicted octanol–water partition coefficient (Wildman–Crippen LogP) is -0.181. The van der Waals surface area contributed by atoms with Crippen LogP contribution in [0.15, 0.2) is 16.7 Å². The number of esters is 1. The molecule has 0 spiro atoms. The molecule has 18 heavy (non-hydrogen) atoms. The van der Waals surface area contributed by atoms with Crippen molar-refractivity contribution in [2.45, 2.75) is 24.3 Å². The van der Waals surface area contributed by atoms with Crippen LogP contribution in [-0.2, 0) is 9.53 Å². The van der Waals surface area contributed by atoms with E-state index in [0.29, 0.717) is 11.0 Å². The number of aryl methyl sites for hydroxylation is 1. The maximum atomic E-state index is 10.9. The summed E-state index contributed by atoms with van der Waals surface area (Å²) in [5.74, 6) is -1.82. The van der Waals surface area contributed by atoms with Crippen LogP contribution in [0.25, 0.3) is 0 Å². The van der Waals surface area contributed by atoms with E-state index in [1.807, 2.05) is 0 Å². The van der Waals surface area contributed by atoms with Crippen LogP contribution < -0.4 is 0 Å². The van der Waals surface area contributed by atoms with Gasteiger partial charge in [-0.1, -0.05) is 11.8 Å². The third kappa shape index (κ3) is 2.41. The number of nitrogens with zero attached hydrogens (tertiary/aromatic N) is 2. The van der Waals surface area contributed by atoms with Crippen molar-refractivity contribution in [2.75, 3.05) is 5.75 Å². The molecule has 0 amide bonds. The largest absolute Gasteiger partial charge is 0.505 e. The predicted molar refractivity (Wildman–Crippen MR) is 60.0 cm³/mol. The molecule has 2 heterocycles. The number of aromatic nitrogens is 3. The van der Waals surface area contributed by atoms with Crippen LogP contribution in [0, 0.1) is 6.92 Å². The van der Waals surface area contributed by atoms with Gasteiger partial charge in [-0.15, -0.1) is 5.10 Å². The molecule has 1 aromatic rings. The molecule has 1 aliphatic heterocycles. The third-order valence-electron chi connectivity index (χ3n) is 2.25. The lowest BCUT2D eigenvalue weighted by Gasteiger charge is -2.15. The first-order valence-corrected chi connectivity index (χ1v) is 6.00. The Hall–Kier alpha value is -1.74. The van der Waals surface area contributed by atoms with Gasteiger partial charge in [0.1, 0.15) is 11.9 Å². The van der Waals surface area contributed by atoms with E-state index in [1.165, 1.54) is 0 Å². The summed E-state index contributed by atoms with van der Waals surface area (Å²) < 4.78 is 4.62. The van der Waals surface area contributed by atoms with Gasteiger partial charge in [0, 0.05) is 5.75 Å². The Bertz CT molecular complexity index is 500. The van der Waals surface area contributed by atoms with Gasteiger partial charge in [-0.05, 0) is 6.92 Å². The molecule has 2 atom stereocenters. The molecule has 0 aliphatic carbocycles. The molecule has 0 radical (unpaired) electrons. The van der Waals surface area contributed by atoms with E-state index in [-0.39, 0.29) is 5.75 Å². The lowest BCUT2D eigenvalue weighted by molar-refractivity contribution is -0.146. The molecule has 9 heteroatoms. The van der Waals surface area contributed by atoms with E-state index < -0.39 is 29.7 Å². The highest BCUT2D eigenvalue weighted by Crippen LogP contribution is 2.24.